The van der Waals surface area contributed by atoms with Crippen LogP contribution in [0.4, 0.5) is 0 Å². The highest BCUT2D eigenvalue weighted by Crippen LogP contribution is 2.18. The Bertz CT molecular complexity index is 392. The summed E-state index contributed by atoms with van der Waals surface area (Å²) in [5.41, 5.74) is 7.25. The predicted molar refractivity (Wildman–Crippen MR) is 80.7 cm³/mol. The molecule has 104 valence electrons. The molecular weight excluding hydrogens is 268 g/mol. The van der Waals surface area contributed by atoms with Crippen LogP contribution < -0.4 is 11.1 Å². The fraction of sp³-hybridized carbons (Fsp3) is 0.615. The van der Waals surface area contributed by atoms with Crippen LogP contribution in [0.1, 0.15) is 43.1 Å². The van der Waals surface area contributed by atoms with Crippen molar-refractivity contribution in [3.8, 4) is 0 Å². The first kappa shape index (κ1) is 17.4. The number of carbonyl (C=O) groups excluding carboxylic acids is 1. The number of nitrogens with one attached hydrogen (secondary N) is 1. The SMILES string of the molecule is Cc1cscc1C(=O)NC(C)(CN)CC(C)C.Cl. The number of hydrogen-bond acceptors (Lipinski definition) is 3. The van der Waals surface area contributed by atoms with E-state index in [9.17, 15) is 4.79 Å². The lowest BCUT2D eigenvalue weighted by Crippen LogP contribution is -2.52. The minimum absolute atomic E-state index is 0. The molecule has 1 heterocycles. The van der Waals surface area contributed by atoms with Crippen molar-refractivity contribution < 1.29 is 4.79 Å². The number of amides is 1. The molecule has 0 aliphatic heterocycles. The maximum absolute atomic E-state index is 12.1. The zero-order valence-corrected chi connectivity index (χ0v) is 13.1. The topological polar surface area (TPSA) is 55.1 Å². The summed E-state index contributed by atoms with van der Waals surface area (Å²) in [7, 11) is 0. The fourth-order valence-corrected chi connectivity index (χ4v) is 2.85. The summed E-state index contributed by atoms with van der Waals surface area (Å²) in [5, 5.41) is 6.93. The van der Waals surface area contributed by atoms with Gasteiger partial charge < -0.3 is 11.1 Å². The minimum atomic E-state index is -0.320. The van der Waals surface area contributed by atoms with E-state index in [0.29, 0.717) is 12.5 Å². The Hall–Kier alpha value is -0.580. The molecule has 1 amide bonds. The van der Waals surface area contributed by atoms with Gasteiger partial charge in [0.1, 0.15) is 0 Å². The Labute approximate surface area is 120 Å². The number of hydrogen-bond donors (Lipinski definition) is 2. The van der Waals surface area contributed by atoms with E-state index in [1.165, 1.54) is 0 Å². The van der Waals surface area contributed by atoms with Crippen molar-refractivity contribution in [2.45, 2.75) is 39.7 Å². The Morgan fingerprint density at radius 1 is 1.50 bits per heavy atom. The first-order valence-electron chi connectivity index (χ1n) is 5.93. The molecule has 0 aromatic carbocycles. The van der Waals surface area contributed by atoms with Gasteiger partial charge >= 0.3 is 0 Å². The molecule has 0 spiro atoms. The summed E-state index contributed by atoms with van der Waals surface area (Å²) in [6, 6.07) is 0. The van der Waals surface area contributed by atoms with Gasteiger partial charge in [0.15, 0.2) is 0 Å². The largest absolute Gasteiger partial charge is 0.346 e. The zero-order chi connectivity index (χ0) is 13.1. The average molecular weight is 291 g/mol. The molecule has 0 fully saturated rings. The molecule has 0 saturated heterocycles. The maximum Gasteiger partial charge on any atom is 0.252 e. The molecule has 1 aromatic heterocycles. The van der Waals surface area contributed by atoms with E-state index in [1.807, 2.05) is 24.6 Å². The van der Waals surface area contributed by atoms with Gasteiger partial charge in [-0.05, 0) is 37.1 Å². The van der Waals surface area contributed by atoms with Gasteiger partial charge in [-0.25, -0.2) is 0 Å². The van der Waals surface area contributed by atoms with Crippen molar-refractivity contribution in [3.63, 3.8) is 0 Å². The molecule has 1 atom stereocenters. The van der Waals surface area contributed by atoms with E-state index in [2.05, 4.69) is 19.2 Å². The van der Waals surface area contributed by atoms with Gasteiger partial charge in [-0.1, -0.05) is 13.8 Å². The molecule has 3 nitrogen and oxygen atoms in total. The average Bonchev–Trinajstić information content (AvgIpc) is 2.63. The highest BCUT2D eigenvalue weighted by molar-refractivity contribution is 7.08. The molecule has 0 radical (unpaired) electrons. The second-order valence-electron chi connectivity index (χ2n) is 5.29. The van der Waals surface area contributed by atoms with Gasteiger partial charge in [0.25, 0.3) is 5.91 Å². The molecule has 0 aliphatic carbocycles. The lowest BCUT2D eigenvalue weighted by Gasteiger charge is -2.31. The van der Waals surface area contributed by atoms with Gasteiger partial charge in [0.2, 0.25) is 0 Å². The summed E-state index contributed by atoms with van der Waals surface area (Å²) in [5.74, 6) is 0.491. The van der Waals surface area contributed by atoms with E-state index >= 15 is 0 Å². The summed E-state index contributed by atoms with van der Waals surface area (Å²) in [6.07, 6.45) is 0.887. The summed E-state index contributed by atoms with van der Waals surface area (Å²) >= 11 is 1.55. The molecule has 18 heavy (non-hydrogen) atoms. The third kappa shape index (κ3) is 4.59. The third-order valence-electron chi connectivity index (χ3n) is 2.82. The van der Waals surface area contributed by atoms with Crippen molar-refractivity contribution in [1.82, 2.24) is 5.32 Å². The van der Waals surface area contributed by atoms with Crippen LogP contribution in [0.5, 0.6) is 0 Å². The molecular formula is C13H23ClN2OS. The number of thiophene rings is 1. The third-order valence-corrected chi connectivity index (χ3v) is 3.69. The van der Waals surface area contributed by atoms with E-state index in [1.54, 1.807) is 11.3 Å². The molecule has 5 heteroatoms. The zero-order valence-electron chi connectivity index (χ0n) is 11.4. The quantitative estimate of drug-likeness (QED) is 0.876. The van der Waals surface area contributed by atoms with Gasteiger partial charge in [0, 0.05) is 17.5 Å². The van der Waals surface area contributed by atoms with Gasteiger partial charge in [-0.2, -0.15) is 11.3 Å². The van der Waals surface area contributed by atoms with Gasteiger partial charge in [-0.15, -0.1) is 12.4 Å². The number of carbonyl (C=O) groups is 1. The van der Waals surface area contributed by atoms with Crippen molar-refractivity contribution in [2.75, 3.05) is 6.54 Å². The number of nitrogens with two attached hydrogens (primary N) is 1. The second kappa shape index (κ2) is 7.12. The highest BCUT2D eigenvalue weighted by Gasteiger charge is 2.26. The number of halogens is 1. The van der Waals surface area contributed by atoms with E-state index in [0.717, 1.165) is 17.5 Å². The maximum atomic E-state index is 12.1. The Balaban J connectivity index is 0.00000289. The normalized spacial score (nSPS) is 13.9. The number of rotatable bonds is 5. The molecule has 0 bridgehead atoms. The molecule has 3 N–H and O–H groups in total. The Morgan fingerprint density at radius 2 is 2.11 bits per heavy atom. The molecule has 1 rings (SSSR count). The Morgan fingerprint density at radius 3 is 2.50 bits per heavy atom. The van der Waals surface area contributed by atoms with E-state index in [-0.39, 0.29) is 23.9 Å². The molecule has 1 unspecified atom stereocenters. The first-order valence-corrected chi connectivity index (χ1v) is 6.87. The molecule has 0 aliphatic rings. The van der Waals surface area contributed by atoms with E-state index < -0.39 is 0 Å². The van der Waals surface area contributed by atoms with Crippen molar-refractivity contribution >= 4 is 29.7 Å². The monoisotopic (exact) mass is 290 g/mol. The van der Waals surface area contributed by atoms with Gasteiger partial charge in [-0.3, -0.25) is 4.79 Å². The van der Waals surface area contributed by atoms with Gasteiger partial charge in [0.05, 0.1) is 5.56 Å². The fourth-order valence-electron chi connectivity index (χ4n) is 2.02. The van der Waals surface area contributed by atoms with Crippen LogP contribution in [0.15, 0.2) is 10.8 Å². The minimum Gasteiger partial charge on any atom is -0.346 e. The Kier molecular flexibility index (Phi) is 6.89. The van der Waals surface area contributed by atoms with Crippen LogP contribution in [-0.2, 0) is 0 Å². The molecule has 1 aromatic rings. The van der Waals surface area contributed by atoms with Crippen LogP contribution in [-0.4, -0.2) is 18.0 Å². The smallest absolute Gasteiger partial charge is 0.252 e. The predicted octanol–water partition coefficient (Wildman–Crippen LogP) is 2.97. The van der Waals surface area contributed by atoms with Crippen molar-refractivity contribution in [1.29, 1.82) is 0 Å². The van der Waals surface area contributed by atoms with Crippen molar-refractivity contribution in [3.05, 3.63) is 21.9 Å². The number of aryl methyl sites for hydroxylation is 1. The first-order chi connectivity index (χ1) is 7.88. The summed E-state index contributed by atoms with van der Waals surface area (Å²) < 4.78 is 0. The lowest BCUT2D eigenvalue weighted by molar-refractivity contribution is 0.0898. The van der Waals surface area contributed by atoms with Crippen LogP contribution in [0.3, 0.4) is 0 Å². The van der Waals surface area contributed by atoms with Crippen LogP contribution in [0.25, 0.3) is 0 Å². The van der Waals surface area contributed by atoms with Crippen molar-refractivity contribution in [2.24, 2.45) is 11.7 Å². The van der Waals surface area contributed by atoms with Crippen LogP contribution in [0, 0.1) is 12.8 Å². The summed E-state index contributed by atoms with van der Waals surface area (Å²) in [4.78, 5) is 12.1. The lowest BCUT2D eigenvalue weighted by atomic mass is 9.90. The molecule has 0 saturated carbocycles. The van der Waals surface area contributed by atoms with Crippen LogP contribution >= 0.6 is 23.7 Å². The second-order valence-corrected chi connectivity index (χ2v) is 6.03. The summed E-state index contributed by atoms with van der Waals surface area (Å²) in [6.45, 7) is 8.69. The van der Waals surface area contributed by atoms with E-state index in [4.69, 9.17) is 5.73 Å². The van der Waals surface area contributed by atoms with Crippen LogP contribution in [0.2, 0.25) is 0 Å². The standard InChI is InChI=1S/C13H22N2OS.ClH/c1-9(2)5-13(4,8-14)15-12(16)11-7-17-6-10(11)3;/h6-7,9H,5,8,14H2,1-4H3,(H,15,16);1H. The highest BCUT2D eigenvalue weighted by atomic mass is 35.5.